The summed E-state index contributed by atoms with van der Waals surface area (Å²) in [6.45, 7) is 2.14. The second kappa shape index (κ2) is 7.52. The summed E-state index contributed by atoms with van der Waals surface area (Å²) < 4.78 is 0.941. The van der Waals surface area contributed by atoms with E-state index >= 15 is 0 Å². The van der Waals surface area contributed by atoms with E-state index in [4.69, 9.17) is 5.73 Å². The number of benzene rings is 2. The molecule has 2 aromatic carbocycles. The molecule has 0 saturated carbocycles. The number of nitrogen functional groups attached to an aromatic ring is 1. The van der Waals surface area contributed by atoms with Crippen LogP contribution in [0.25, 0.3) is 0 Å². The maximum absolute atomic E-state index is 12.2. The van der Waals surface area contributed by atoms with E-state index in [9.17, 15) is 4.79 Å². The summed E-state index contributed by atoms with van der Waals surface area (Å²) in [5.74, 6) is 0.885. The lowest BCUT2D eigenvalue weighted by Gasteiger charge is -2.10. The molecule has 0 fully saturated rings. The van der Waals surface area contributed by atoms with Gasteiger partial charge in [0.1, 0.15) is 0 Å². The summed E-state index contributed by atoms with van der Waals surface area (Å²) in [7, 11) is 0. The van der Waals surface area contributed by atoms with E-state index in [1.807, 2.05) is 30.3 Å². The Morgan fingerprint density at radius 2 is 1.95 bits per heavy atom. The quantitative estimate of drug-likeness (QED) is 0.592. The van der Waals surface area contributed by atoms with Crippen LogP contribution >= 0.6 is 27.7 Å². The molecular formula is C16H17BrN2OS. The van der Waals surface area contributed by atoms with Crippen LogP contribution < -0.4 is 11.1 Å². The fourth-order valence-electron chi connectivity index (χ4n) is 1.75. The Morgan fingerprint density at radius 3 is 2.62 bits per heavy atom. The van der Waals surface area contributed by atoms with Gasteiger partial charge in [-0.15, -0.1) is 11.8 Å². The van der Waals surface area contributed by atoms with Gasteiger partial charge in [0, 0.05) is 14.9 Å². The number of halogens is 1. The summed E-state index contributed by atoms with van der Waals surface area (Å²) >= 11 is 5.11. The molecule has 0 aliphatic rings. The van der Waals surface area contributed by atoms with Crippen LogP contribution in [0.1, 0.15) is 23.7 Å². The number of rotatable bonds is 5. The molecule has 5 heteroatoms. The molecule has 110 valence electrons. The van der Waals surface area contributed by atoms with Crippen molar-refractivity contribution in [2.75, 3.05) is 16.8 Å². The number of nitrogens with two attached hydrogens (primary N) is 1. The van der Waals surface area contributed by atoms with Gasteiger partial charge in [-0.1, -0.05) is 22.9 Å². The van der Waals surface area contributed by atoms with Crippen molar-refractivity contribution in [2.45, 2.75) is 18.2 Å². The van der Waals surface area contributed by atoms with Gasteiger partial charge >= 0.3 is 0 Å². The summed E-state index contributed by atoms with van der Waals surface area (Å²) in [6.07, 6.45) is 1.11. The fraction of sp³-hybridized carbons (Fsp3) is 0.188. The van der Waals surface area contributed by atoms with E-state index in [2.05, 4.69) is 28.2 Å². The van der Waals surface area contributed by atoms with Crippen molar-refractivity contribution in [2.24, 2.45) is 0 Å². The fourth-order valence-corrected chi connectivity index (χ4v) is 2.82. The largest absolute Gasteiger partial charge is 0.397 e. The predicted octanol–water partition coefficient (Wildman–Crippen LogP) is 4.79. The molecule has 2 aromatic rings. The van der Waals surface area contributed by atoms with E-state index in [1.54, 1.807) is 23.9 Å². The van der Waals surface area contributed by atoms with Gasteiger partial charge in [0.05, 0.1) is 11.4 Å². The molecule has 3 nitrogen and oxygen atoms in total. The van der Waals surface area contributed by atoms with Crippen LogP contribution in [0.4, 0.5) is 11.4 Å². The minimum atomic E-state index is -0.160. The Balaban J connectivity index is 2.14. The number of hydrogen-bond donors (Lipinski definition) is 2. The molecular weight excluding hydrogens is 348 g/mol. The zero-order chi connectivity index (χ0) is 15.2. The maximum atomic E-state index is 12.2. The lowest BCUT2D eigenvalue weighted by atomic mass is 10.2. The Hall–Kier alpha value is -1.46. The third-order valence-corrected chi connectivity index (χ3v) is 4.58. The Labute approximate surface area is 137 Å². The molecule has 1 amide bonds. The number of anilines is 2. The molecule has 0 aliphatic carbocycles. The first-order chi connectivity index (χ1) is 10.1. The number of hydrogen-bond acceptors (Lipinski definition) is 3. The molecule has 2 rings (SSSR count). The minimum absolute atomic E-state index is 0.160. The lowest BCUT2D eigenvalue weighted by Crippen LogP contribution is -2.13. The van der Waals surface area contributed by atoms with Crippen molar-refractivity contribution in [3.63, 3.8) is 0 Å². The highest BCUT2D eigenvalue weighted by Crippen LogP contribution is 2.27. The van der Waals surface area contributed by atoms with Crippen LogP contribution in [0, 0.1) is 0 Å². The van der Waals surface area contributed by atoms with E-state index in [0.29, 0.717) is 16.9 Å². The van der Waals surface area contributed by atoms with Crippen molar-refractivity contribution in [3.8, 4) is 0 Å². The third-order valence-electron chi connectivity index (χ3n) is 2.85. The molecule has 0 unspecified atom stereocenters. The van der Waals surface area contributed by atoms with Crippen LogP contribution in [0.5, 0.6) is 0 Å². The summed E-state index contributed by atoms with van der Waals surface area (Å²) in [6, 6.07) is 12.9. The first-order valence-electron chi connectivity index (χ1n) is 6.69. The van der Waals surface area contributed by atoms with Crippen LogP contribution in [0.3, 0.4) is 0 Å². The monoisotopic (exact) mass is 364 g/mol. The molecule has 0 atom stereocenters. The van der Waals surface area contributed by atoms with E-state index < -0.39 is 0 Å². The molecule has 0 radical (unpaired) electrons. The summed E-state index contributed by atoms with van der Waals surface area (Å²) in [4.78, 5) is 13.3. The van der Waals surface area contributed by atoms with Crippen LogP contribution in [0.15, 0.2) is 51.8 Å². The second-order valence-corrected chi connectivity index (χ2v) is 6.64. The van der Waals surface area contributed by atoms with Gasteiger partial charge in [0.25, 0.3) is 5.91 Å². The molecule has 21 heavy (non-hydrogen) atoms. The van der Waals surface area contributed by atoms with Gasteiger partial charge < -0.3 is 11.1 Å². The topological polar surface area (TPSA) is 55.1 Å². The number of carbonyl (C=O) groups is 1. The molecule has 0 heterocycles. The average molecular weight is 365 g/mol. The molecule has 0 aliphatic heterocycles. The van der Waals surface area contributed by atoms with Gasteiger partial charge in [-0.2, -0.15) is 0 Å². The van der Waals surface area contributed by atoms with Crippen LogP contribution in [0.2, 0.25) is 0 Å². The van der Waals surface area contributed by atoms with Gasteiger partial charge in [-0.3, -0.25) is 4.79 Å². The molecule has 3 N–H and O–H groups in total. The van der Waals surface area contributed by atoms with Gasteiger partial charge in [0.15, 0.2) is 0 Å². The standard InChI is InChI=1S/C16H17BrN2OS/c1-2-9-21-13-7-8-14(18)15(10-13)19-16(20)11-3-5-12(17)6-4-11/h3-8,10H,2,9,18H2,1H3,(H,19,20). The van der Waals surface area contributed by atoms with Crippen LogP contribution in [-0.4, -0.2) is 11.7 Å². The normalized spacial score (nSPS) is 10.4. The zero-order valence-electron chi connectivity index (χ0n) is 11.7. The number of amides is 1. The SMILES string of the molecule is CCCSc1ccc(N)c(NC(=O)c2ccc(Br)cc2)c1. The zero-order valence-corrected chi connectivity index (χ0v) is 14.1. The maximum Gasteiger partial charge on any atom is 0.255 e. The second-order valence-electron chi connectivity index (χ2n) is 4.56. The van der Waals surface area contributed by atoms with Crippen LogP contribution in [-0.2, 0) is 0 Å². The van der Waals surface area contributed by atoms with Crippen molar-refractivity contribution in [1.29, 1.82) is 0 Å². The van der Waals surface area contributed by atoms with Crippen molar-refractivity contribution in [3.05, 3.63) is 52.5 Å². The Morgan fingerprint density at radius 1 is 1.24 bits per heavy atom. The third kappa shape index (κ3) is 4.51. The number of carbonyl (C=O) groups excluding carboxylic acids is 1. The van der Waals surface area contributed by atoms with Gasteiger partial charge in [-0.25, -0.2) is 0 Å². The predicted molar refractivity (Wildman–Crippen MR) is 94.0 cm³/mol. The smallest absolute Gasteiger partial charge is 0.255 e. The highest BCUT2D eigenvalue weighted by Gasteiger charge is 2.09. The first kappa shape index (κ1) is 15.9. The first-order valence-corrected chi connectivity index (χ1v) is 8.47. The number of thioether (sulfide) groups is 1. The minimum Gasteiger partial charge on any atom is -0.397 e. The Bertz CT molecular complexity index is 629. The molecule has 0 aromatic heterocycles. The van der Waals surface area contributed by atoms with Crippen molar-refractivity contribution < 1.29 is 4.79 Å². The van der Waals surface area contributed by atoms with Crippen molar-refractivity contribution >= 4 is 45.0 Å². The lowest BCUT2D eigenvalue weighted by molar-refractivity contribution is 0.102. The van der Waals surface area contributed by atoms with Gasteiger partial charge in [0.2, 0.25) is 0 Å². The van der Waals surface area contributed by atoms with Gasteiger partial charge in [-0.05, 0) is 54.6 Å². The summed E-state index contributed by atoms with van der Waals surface area (Å²) in [5.41, 5.74) is 7.77. The van der Waals surface area contributed by atoms with E-state index in [-0.39, 0.29) is 5.91 Å². The molecule has 0 bridgehead atoms. The van der Waals surface area contributed by atoms with Crippen molar-refractivity contribution in [1.82, 2.24) is 0 Å². The highest BCUT2D eigenvalue weighted by atomic mass is 79.9. The highest BCUT2D eigenvalue weighted by molar-refractivity contribution is 9.10. The van der Waals surface area contributed by atoms with E-state index in [1.165, 1.54) is 0 Å². The Kier molecular flexibility index (Phi) is 5.70. The van der Waals surface area contributed by atoms with E-state index in [0.717, 1.165) is 21.5 Å². The molecule has 0 spiro atoms. The number of nitrogens with one attached hydrogen (secondary N) is 1. The molecule has 0 saturated heterocycles. The summed E-state index contributed by atoms with van der Waals surface area (Å²) in [5, 5.41) is 2.87. The average Bonchev–Trinajstić information content (AvgIpc) is 2.48.